The molecular weight excluding hydrogens is 501 g/mol. The number of alkyl halides is 2. The van der Waals surface area contributed by atoms with Crippen molar-refractivity contribution in [1.82, 2.24) is 0 Å². The lowest BCUT2D eigenvalue weighted by Crippen LogP contribution is -2.24. The molecule has 0 aliphatic carbocycles. The minimum Gasteiger partial charge on any atom is -0.423 e. The Labute approximate surface area is 210 Å². The van der Waals surface area contributed by atoms with E-state index in [1.807, 2.05) is 0 Å². The molecule has 2 nitrogen and oxygen atoms in total. The molecular formula is C28H25F7O2. The van der Waals surface area contributed by atoms with E-state index in [2.05, 4.69) is 11.7 Å². The van der Waals surface area contributed by atoms with E-state index in [0.717, 1.165) is 43.4 Å². The SMILES string of the molecule is CCCCC1CCC(c2ccc(-c3cc(F)c(OC(F)(F)c4cc(F)c(F)c(F)c4)c(F)c3)cc2)OC1. The average molecular weight is 526 g/mol. The molecule has 2 unspecified atom stereocenters. The molecule has 0 amide bonds. The van der Waals surface area contributed by atoms with Crippen LogP contribution in [0.3, 0.4) is 0 Å². The first-order valence-electron chi connectivity index (χ1n) is 12.0. The van der Waals surface area contributed by atoms with Gasteiger partial charge in [-0.2, -0.15) is 8.78 Å². The maximum Gasteiger partial charge on any atom is 0.427 e. The van der Waals surface area contributed by atoms with Crippen LogP contribution < -0.4 is 4.74 Å². The minimum absolute atomic E-state index is 0.00840. The second-order valence-corrected chi connectivity index (χ2v) is 9.17. The summed E-state index contributed by atoms with van der Waals surface area (Å²) in [6, 6.07) is 8.48. The van der Waals surface area contributed by atoms with Gasteiger partial charge in [0.15, 0.2) is 34.8 Å². The van der Waals surface area contributed by atoms with E-state index in [-0.39, 0.29) is 23.8 Å². The van der Waals surface area contributed by atoms with Gasteiger partial charge in [0.25, 0.3) is 0 Å². The van der Waals surface area contributed by atoms with E-state index in [4.69, 9.17) is 4.74 Å². The number of ether oxygens (including phenoxy) is 2. The van der Waals surface area contributed by atoms with Crippen LogP contribution in [-0.2, 0) is 10.8 Å². The number of hydrogen-bond donors (Lipinski definition) is 0. The van der Waals surface area contributed by atoms with Crippen LogP contribution in [0.2, 0.25) is 0 Å². The van der Waals surface area contributed by atoms with Gasteiger partial charge < -0.3 is 9.47 Å². The fourth-order valence-electron chi connectivity index (χ4n) is 4.41. The maximum absolute atomic E-state index is 14.6. The van der Waals surface area contributed by atoms with E-state index in [1.165, 1.54) is 6.42 Å². The zero-order chi connectivity index (χ0) is 26.7. The first-order chi connectivity index (χ1) is 17.6. The fraction of sp³-hybridized carbons (Fsp3) is 0.357. The molecule has 1 aliphatic heterocycles. The zero-order valence-electron chi connectivity index (χ0n) is 20.0. The van der Waals surface area contributed by atoms with Gasteiger partial charge >= 0.3 is 6.11 Å². The van der Waals surface area contributed by atoms with E-state index < -0.39 is 46.5 Å². The summed E-state index contributed by atoms with van der Waals surface area (Å²) in [5, 5.41) is 0. The van der Waals surface area contributed by atoms with Crippen LogP contribution in [0.4, 0.5) is 30.7 Å². The predicted molar refractivity (Wildman–Crippen MR) is 124 cm³/mol. The summed E-state index contributed by atoms with van der Waals surface area (Å²) in [5.74, 6) is -9.54. The molecule has 3 aromatic carbocycles. The van der Waals surface area contributed by atoms with Crippen LogP contribution in [0.1, 0.15) is 56.3 Å². The average Bonchev–Trinajstić information content (AvgIpc) is 2.88. The van der Waals surface area contributed by atoms with Gasteiger partial charge in [-0.25, -0.2) is 22.0 Å². The summed E-state index contributed by atoms with van der Waals surface area (Å²) in [6.07, 6.45) is 0.779. The van der Waals surface area contributed by atoms with Gasteiger partial charge in [0.05, 0.1) is 18.3 Å². The quantitative estimate of drug-likeness (QED) is 0.216. The summed E-state index contributed by atoms with van der Waals surface area (Å²) in [6.45, 7) is 2.84. The molecule has 37 heavy (non-hydrogen) atoms. The van der Waals surface area contributed by atoms with Crippen molar-refractivity contribution < 1.29 is 40.2 Å². The first-order valence-corrected chi connectivity index (χ1v) is 12.0. The molecule has 1 aliphatic rings. The highest BCUT2D eigenvalue weighted by molar-refractivity contribution is 5.65. The largest absolute Gasteiger partial charge is 0.427 e. The molecule has 198 valence electrons. The molecule has 1 fully saturated rings. The maximum atomic E-state index is 14.6. The van der Waals surface area contributed by atoms with Gasteiger partial charge in [0, 0.05) is 0 Å². The van der Waals surface area contributed by atoms with Gasteiger partial charge in [0.2, 0.25) is 0 Å². The van der Waals surface area contributed by atoms with Crippen molar-refractivity contribution in [2.75, 3.05) is 6.61 Å². The van der Waals surface area contributed by atoms with Crippen molar-refractivity contribution in [1.29, 1.82) is 0 Å². The molecule has 1 saturated heterocycles. The smallest absolute Gasteiger partial charge is 0.423 e. The standard InChI is InChI=1S/C28H25F7O2/c1-2-3-4-16-5-10-25(36-15-16)18-8-6-17(7-9-18)19-11-23(31)27(24(32)12-19)37-28(34,35)20-13-21(29)26(33)22(30)14-20/h6-9,11-14,16,25H,2-5,10,15H2,1H3. The van der Waals surface area contributed by atoms with Gasteiger partial charge in [-0.1, -0.05) is 44.0 Å². The third-order valence-electron chi connectivity index (χ3n) is 6.50. The summed E-state index contributed by atoms with van der Waals surface area (Å²) in [7, 11) is 0. The molecule has 2 atom stereocenters. The lowest BCUT2D eigenvalue weighted by molar-refractivity contribution is -0.188. The Bertz CT molecular complexity index is 1190. The Morgan fingerprint density at radius 3 is 2.00 bits per heavy atom. The van der Waals surface area contributed by atoms with Crippen molar-refractivity contribution >= 4 is 0 Å². The van der Waals surface area contributed by atoms with Crippen molar-refractivity contribution in [2.45, 2.75) is 51.2 Å². The monoisotopic (exact) mass is 526 g/mol. The van der Waals surface area contributed by atoms with Crippen molar-refractivity contribution in [2.24, 2.45) is 5.92 Å². The molecule has 1 heterocycles. The van der Waals surface area contributed by atoms with Crippen LogP contribution in [-0.4, -0.2) is 6.61 Å². The van der Waals surface area contributed by atoms with Crippen LogP contribution in [0.15, 0.2) is 48.5 Å². The Morgan fingerprint density at radius 2 is 1.46 bits per heavy atom. The lowest BCUT2D eigenvalue weighted by Gasteiger charge is -2.29. The highest BCUT2D eigenvalue weighted by Gasteiger charge is 2.38. The second-order valence-electron chi connectivity index (χ2n) is 9.17. The third kappa shape index (κ3) is 6.09. The Morgan fingerprint density at radius 1 is 0.838 bits per heavy atom. The number of rotatable bonds is 8. The molecule has 3 aromatic rings. The highest BCUT2D eigenvalue weighted by Crippen LogP contribution is 2.38. The van der Waals surface area contributed by atoms with Gasteiger partial charge in [-0.15, -0.1) is 0 Å². The summed E-state index contributed by atoms with van der Waals surface area (Å²) < 4.78 is 108. The lowest BCUT2D eigenvalue weighted by atomic mass is 9.91. The predicted octanol–water partition coefficient (Wildman–Crippen LogP) is 8.84. The molecule has 0 bridgehead atoms. The fourth-order valence-corrected chi connectivity index (χ4v) is 4.41. The van der Waals surface area contributed by atoms with Crippen molar-refractivity contribution in [3.63, 3.8) is 0 Å². The van der Waals surface area contributed by atoms with E-state index >= 15 is 0 Å². The molecule has 0 aromatic heterocycles. The summed E-state index contributed by atoms with van der Waals surface area (Å²) in [5.41, 5.74) is -0.0135. The van der Waals surface area contributed by atoms with Gasteiger partial charge in [0.1, 0.15) is 0 Å². The normalized spacial score (nSPS) is 18.2. The van der Waals surface area contributed by atoms with E-state index in [1.54, 1.807) is 24.3 Å². The number of hydrogen-bond acceptors (Lipinski definition) is 2. The minimum atomic E-state index is -4.55. The van der Waals surface area contributed by atoms with Crippen LogP contribution in [0.25, 0.3) is 11.1 Å². The van der Waals surface area contributed by atoms with E-state index in [0.29, 0.717) is 18.1 Å². The third-order valence-corrected chi connectivity index (χ3v) is 6.50. The Hall–Kier alpha value is -3.07. The number of unbranched alkanes of at least 4 members (excludes halogenated alkanes) is 1. The number of halogens is 7. The van der Waals surface area contributed by atoms with Crippen molar-refractivity contribution in [3.05, 3.63) is 88.7 Å². The van der Waals surface area contributed by atoms with Crippen LogP contribution in [0, 0.1) is 35.0 Å². The topological polar surface area (TPSA) is 18.5 Å². The van der Waals surface area contributed by atoms with Gasteiger partial charge in [-0.05, 0) is 66.1 Å². The zero-order valence-corrected chi connectivity index (χ0v) is 20.0. The summed E-state index contributed by atoms with van der Waals surface area (Å²) >= 11 is 0. The molecule has 0 saturated carbocycles. The van der Waals surface area contributed by atoms with Crippen molar-refractivity contribution in [3.8, 4) is 16.9 Å². The number of benzene rings is 3. The molecule has 0 radical (unpaired) electrons. The second kappa shape index (κ2) is 11.1. The van der Waals surface area contributed by atoms with Crippen LogP contribution in [0.5, 0.6) is 5.75 Å². The Balaban J connectivity index is 1.48. The summed E-state index contributed by atoms with van der Waals surface area (Å²) in [4.78, 5) is 0. The highest BCUT2D eigenvalue weighted by atomic mass is 19.3. The molecule has 9 heteroatoms. The molecule has 4 rings (SSSR count). The van der Waals surface area contributed by atoms with Gasteiger partial charge in [-0.3, -0.25) is 0 Å². The first kappa shape index (κ1) is 27.0. The van der Waals surface area contributed by atoms with E-state index in [9.17, 15) is 30.7 Å². The van der Waals surface area contributed by atoms with Crippen LogP contribution >= 0.6 is 0 Å². The Kier molecular flexibility index (Phi) is 8.11. The molecule has 0 spiro atoms. The molecule has 0 N–H and O–H groups in total.